The number of nitrogens with zero attached hydrogens (tertiary/aromatic N) is 2. The number of hydrogen-bond acceptors (Lipinski definition) is 2. The van der Waals surface area contributed by atoms with E-state index in [4.69, 9.17) is 0 Å². The molecule has 2 aliphatic carbocycles. The summed E-state index contributed by atoms with van der Waals surface area (Å²) in [5.41, 5.74) is 0. The molecule has 0 aromatic heterocycles. The Bertz CT molecular complexity index is 207. The summed E-state index contributed by atoms with van der Waals surface area (Å²) in [6.07, 6.45) is 17.8. The summed E-state index contributed by atoms with van der Waals surface area (Å²) in [6, 6.07) is 0. The molecule has 0 N–H and O–H groups in total. The first-order chi connectivity index (χ1) is 7.95. The molecular weight excluding hydrogens is 196 g/mol. The molecule has 2 saturated carbocycles. The molecular formula is C14H24N2. The van der Waals surface area contributed by atoms with E-state index >= 15 is 0 Å². The van der Waals surface area contributed by atoms with Crippen molar-refractivity contribution in [2.45, 2.75) is 64.2 Å². The summed E-state index contributed by atoms with van der Waals surface area (Å²) in [4.78, 5) is 0. The van der Waals surface area contributed by atoms with Gasteiger partial charge in [-0.1, -0.05) is 38.5 Å². The van der Waals surface area contributed by atoms with Gasteiger partial charge < -0.3 is 0 Å². The molecule has 0 heterocycles. The Morgan fingerprint density at radius 1 is 0.562 bits per heavy atom. The summed E-state index contributed by atoms with van der Waals surface area (Å²) < 4.78 is 0. The number of hydrogen-bond donors (Lipinski definition) is 0. The maximum absolute atomic E-state index is 4.23. The van der Waals surface area contributed by atoms with E-state index in [2.05, 4.69) is 22.6 Å². The molecule has 0 bridgehead atoms. The van der Waals surface area contributed by atoms with E-state index < -0.39 is 0 Å². The molecule has 0 spiro atoms. The van der Waals surface area contributed by atoms with E-state index in [1.54, 1.807) is 0 Å². The number of rotatable bonds is 3. The van der Waals surface area contributed by atoms with Gasteiger partial charge in [0.1, 0.15) is 0 Å². The monoisotopic (exact) mass is 220 g/mol. The van der Waals surface area contributed by atoms with Crippen LogP contribution < -0.4 is 0 Å². The van der Waals surface area contributed by atoms with E-state index in [0.29, 0.717) is 11.8 Å². The van der Waals surface area contributed by atoms with Gasteiger partial charge >= 0.3 is 0 Å². The lowest BCUT2D eigenvalue weighted by Crippen LogP contribution is -2.08. The van der Waals surface area contributed by atoms with Crippen molar-refractivity contribution in [2.75, 3.05) is 0 Å². The third-order valence-corrected chi connectivity index (χ3v) is 3.92. The molecule has 0 atom stereocenters. The molecule has 90 valence electrons. The Morgan fingerprint density at radius 2 is 0.938 bits per heavy atom. The highest BCUT2D eigenvalue weighted by atomic mass is 15.2. The highest BCUT2D eigenvalue weighted by Gasteiger charge is 2.11. The molecule has 2 nitrogen and oxygen atoms in total. The summed E-state index contributed by atoms with van der Waals surface area (Å²) >= 11 is 0. The zero-order valence-electron chi connectivity index (χ0n) is 10.3. The Hall–Kier alpha value is -0.660. The fourth-order valence-corrected chi connectivity index (χ4v) is 2.83. The zero-order valence-corrected chi connectivity index (χ0v) is 10.3. The maximum Gasteiger partial charge on any atom is 0.0301 e. The second kappa shape index (κ2) is 6.82. The lowest BCUT2D eigenvalue weighted by Gasteiger charge is -2.17. The van der Waals surface area contributed by atoms with Gasteiger partial charge in [-0.3, -0.25) is 0 Å². The van der Waals surface area contributed by atoms with Crippen LogP contribution in [0.3, 0.4) is 0 Å². The van der Waals surface area contributed by atoms with Gasteiger partial charge in [-0.2, -0.15) is 10.2 Å². The fraction of sp³-hybridized carbons (Fsp3) is 0.857. The molecule has 0 amide bonds. The van der Waals surface area contributed by atoms with Crippen LogP contribution in [0.5, 0.6) is 0 Å². The van der Waals surface area contributed by atoms with Gasteiger partial charge in [-0.25, -0.2) is 0 Å². The minimum Gasteiger partial charge on any atom is -0.164 e. The molecule has 16 heavy (non-hydrogen) atoms. The largest absolute Gasteiger partial charge is 0.164 e. The molecule has 0 aromatic carbocycles. The summed E-state index contributed by atoms with van der Waals surface area (Å²) in [7, 11) is 0. The zero-order chi connectivity index (χ0) is 11.1. The third-order valence-electron chi connectivity index (χ3n) is 3.92. The van der Waals surface area contributed by atoms with E-state index in [-0.39, 0.29) is 0 Å². The van der Waals surface area contributed by atoms with Crippen molar-refractivity contribution in [1.82, 2.24) is 0 Å². The van der Waals surface area contributed by atoms with Crippen molar-refractivity contribution in [2.24, 2.45) is 22.0 Å². The van der Waals surface area contributed by atoms with Gasteiger partial charge in [0, 0.05) is 12.4 Å². The Kier molecular flexibility index (Phi) is 5.04. The van der Waals surface area contributed by atoms with Crippen LogP contribution in [0.25, 0.3) is 0 Å². The lowest BCUT2D eigenvalue weighted by atomic mass is 9.90. The minimum absolute atomic E-state index is 0.706. The molecule has 0 unspecified atom stereocenters. The fourth-order valence-electron chi connectivity index (χ4n) is 2.83. The van der Waals surface area contributed by atoms with Gasteiger partial charge in [0.2, 0.25) is 0 Å². The summed E-state index contributed by atoms with van der Waals surface area (Å²) in [6.45, 7) is 0. The van der Waals surface area contributed by atoms with Crippen LogP contribution in [0.15, 0.2) is 10.2 Å². The van der Waals surface area contributed by atoms with E-state index in [0.717, 1.165) is 0 Å². The maximum atomic E-state index is 4.23. The highest BCUT2D eigenvalue weighted by molar-refractivity contribution is 5.64. The first-order valence-electron chi connectivity index (χ1n) is 7.02. The molecule has 0 aliphatic heterocycles. The van der Waals surface area contributed by atoms with Gasteiger partial charge in [0.15, 0.2) is 0 Å². The topological polar surface area (TPSA) is 24.7 Å². The average Bonchev–Trinajstić information content (AvgIpc) is 2.37. The Morgan fingerprint density at radius 3 is 1.31 bits per heavy atom. The summed E-state index contributed by atoms with van der Waals surface area (Å²) in [5, 5.41) is 8.47. The van der Waals surface area contributed by atoms with Crippen LogP contribution in [-0.4, -0.2) is 12.4 Å². The molecule has 2 rings (SSSR count). The molecule has 0 saturated heterocycles. The van der Waals surface area contributed by atoms with Crippen LogP contribution in [-0.2, 0) is 0 Å². The average molecular weight is 220 g/mol. The van der Waals surface area contributed by atoms with Crippen molar-refractivity contribution in [3.8, 4) is 0 Å². The van der Waals surface area contributed by atoms with Gasteiger partial charge in [0.25, 0.3) is 0 Å². The second-order valence-electron chi connectivity index (χ2n) is 5.33. The SMILES string of the molecule is C(=N\N=C\C1CCCCC1)/C1CCCCC1. The van der Waals surface area contributed by atoms with Gasteiger partial charge in [-0.05, 0) is 37.5 Å². The quantitative estimate of drug-likeness (QED) is 0.503. The molecule has 2 heteroatoms. The van der Waals surface area contributed by atoms with Crippen LogP contribution in [0.1, 0.15) is 64.2 Å². The van der Waals surface area contributed by atoms with Crippen molar-refractivity contribution < 1.29 is 0 Å². The van der Waals surface area contributed by atoms with Crippen LogP contribution in [0, 0.1) is 11.8 Å². The third kappa shape index (κ3) is 4.07. The van der Waals surface area contributed by atoms with Gasteiger partial charge in [0.05, 0.1) is 0 Å². The molecule has 2 fully saturated rings. The first kappa shape index (κ1) is 11.8. The molecule has 0 radical (unpaired) electrons. The van der Waals surface area contributed by atoms with E-state index in [1.165, 1.54) is 64.2 Å². The summed E-state index contributed by atoms with van der Waals surface area (Å²) in [5.74, 6) is 1.41. The highest BCUT2D eigenvalue weighted by Crippen LogP contribution is 2.23. The predicted molar refractivity (Wildman–Crippen MR) is 70.1 cm³/mol. The standard InChI is InChI=1S/C14H24N2/c1-3-7-13(8-4-1)11-15-16-12-14-9-5-2-6-10-14/h11-14H,1-10H2/b15-11+,16-12+. The minimum atomic E-state index is 0.706. The Labute approximate surface area is 99.2 Å². The van der Waals surface area contributed by atoms with E-state index in [1.807, 2.05) is 0 Å². The smallest absolute Gasteiger partial charge is 0.0301 e. The first-order valence-corrected chi connectivity index (χ1v) is 7.02. The van der Waals surface area contributed by atoms with Crippen molar-refractivity contribution in [1.29, 1.82) is 0 Å². The normalized spacial score (nSPS) is 25.8. The van der Waals surface area contributed by atoms with Crippen LogP contribution >= 0.6 is 0 Å². The van der Waals surface area contributed by atoms with Crippen molar-refractivity contribution >= 4 is 12.4 Å². The molecule has 0 aromatic rings. The lowest BCUT2D eigenvalue weighted by molar-refractivity contribution is 0.442. The van der Waals surface area contributed by atoms with Crippen molar-refractivity contribution in [3.05, 3.63) is 0 Å². The Balaban J connectivity index is 1.68. The van der Waals surface area contributed by atoms with Crippen molar-refractivity contribution in [3.63, 3.8) is 0 Å². The van der Waals surface area contributed by atoms with Crippen LogP contribution in [0.2, 0.25) is 0 Å². The molecule has 2 aliphatic rings. The van der Waals surface area contributed by atoms with Gasteiger partial charge in [-0.15, -0.1) is 0 Å². The predicted octanol–water partition coefficient (Wildman–Crippen LogP) is 4.20. The van der Waals surface area contributed by atoms with E-state index in [9.17, 15) is 0 Å². The second-order valence-corrected chi connectivity index (χ2v) is 5.33. The van der Waals surface area contributed by atoms with Crippen LogP contribution in [0.4, 0.5) is 0 Å².